The lowest BCUT2D eigenvalue weighted by Crippen LogP contribution is -2.48. The van der Waals surface area contributed by atoms with Gasteiger partial charge in [0.15, 0.2) is 0 Å². The third kappa shape index (κ3) is 7.01. The maximum absolute atomic E-state index is 13.0. The highest BCUT2D eigenvalue weighted by Crippen LogP contribution is 2.39. The molecule has 202 valence electrons. The summed E-state index contributed by atoms with van der Waals surface area (Å²) in [6.45, 7) is 5.07. The zero-order chi connectivity index (χ0) is 26.2. The number of para-hydroxylation sites is 1. The van der Waals surface area contributed by atoms with Crippen molar-refractivity contribution in [2.75, 3.05) is 32.8 Å². The number of hydrogen-bond acceptors (Lipinski definition) is 5. The van der Waals surface area contributed by atoms with Crippen LogP contribution in [0.4, 0.5) is 0 Å². The highest BCUT2D eigenvalue weighted by atomic mass is 16.5. The standard InChI is InChI=1S/C31H41N5O2/c1-34-23-26(22-33-34)12-13-30(37)36-18-15-31(16-19-36)14-6-4-9-27-8-2-3-11-29(27)38-21-20-35(25-31)24-28-10-5-7-17-32-28/h2-3,5,7-8,10-11,17,22-23H,4,6,9,12-16,18-21,24-25H2,1H3. The van der Waals surface area contributed by atoms with Crippen molar-refractivity contribution in [3.8, 4) is 5.75 Å². The first-order valence-electron chi connectivity index (χ1n) is 14.2. The number of ether oxygens (including phenoxy) is 1. The summed E-state index contributed by atoms with van der Waals surface area (Å²) in [6, 6.07) is 14.6. The first-order valence-corrected chi connectivity index (χ1v) is 14.2. The van der Waals surface area contributed by atoms with Gasteiger partial charge in [0.2, 0.25) is 5.91 Å². The van der Waals surface area contributed by atoms with Crippen LogP contribution < -0.4 is 4.74 Å². The molecule has 1 fully saturated rings. The second kappa shape index (κ2) is 12.6. The molecule has 7 heteroatoms. The largest absolute Gasteiger partial charge is 0.492 e. The van der Waals surface area contributed by atoms with Crippen LogP contribution in [0.2, 0.25) is 0 Å². The van der Waals surface area contributed by atoms with Crippen molar-refractivity contribution in [1.82, 2.24) is 24.6 Å². The SMILES string of the molecule is Cn1cc(CCC(=O)N2CCC3(CCCCc4ccccc4OCCN(Cc4ccccn4)C3)CC2)cn1. The Hall–Kier alpha value is -3.19. The van der Waals surface area contributed by atoms with Crippen molar-refractivity contribution in [3.05, 3.63) is 77.9 Å². The zero-order valence-corrected chi connectivity index (χ0v) is 22.7. The van der Waals surface area contributed by atoms with Gasteiger partial charge >= 0.3 is 0 Å². The van der Waals surface area contributed by atoms with E-state index in [1.807, 2.05) is 31.7 Å². The lowest BCUT2D eigenvalue weighted by atomic mass is 9.73. The maximum Gasteiger partial charge on any atom is 0.222 e. The van der Waals surface area contributed by atoms with E-state index in [1.54, 1.807) is 4.68 Å². The number of aryl methyl sites for hydroxylation is 3. The molecule has 2 aromatic heterocycles. The molecule has 0 radical (unpaired) electrons. The van der Waals surface area contributed by atoms with Gasteiger partial charge < -0.3 is 9.64 Å². The Morgan fingerprint density at radius 3 is 2.66 bits per heavy atom. The van der Waals surface area contributed by atoms with Crippen molar-refractivity contribution in [1.29, 1.82) is 0 Å². The first kappa shape index (κ1) is 26.4. The first-order chi connectivity index (χ1) is 18.6. The highest BCUT2D eigenvalue weighted by Gasteiger charge is 2.37. The summed E-state index contributed by atoms with van der Waals surface area (Å²) >= 11 is 0. The molecule has 0 saturated carbocycles. The lowest BCUT2D eigenvalue weighted by Gasteiger charge is -2.45. The minimum Gasteiger partial charge on any atom is -0.492 e. The maximum atomic E-state index is 13.0. The molecule has 1 spiro atoms. The topological polar surface area (TPSA) is 63.5 Å². The fourth-order valence-electron chi connectivity index (χ4n) is 6.09. The molecule has 1 aromatic carbocycles. The molecule has 2 aliphatic heterocycles. The number of pyridine rings is 1. The second-order valence-electron chi connectivity index (χ2n) is 11.1. The number of benzene rings is 1. The van der Waals surface area contributed by atoms with Crippen LogP contribution in [0.5, 0.6) is 5.75 Å². The van der Waals surface area contributed by atoms with Crippen LogP contribution in [-0.4, -0.2) is 63.3 Å². The van der Waals surface area contributed by atoms with Crippen molar-refractivity contribution < 1.29 is 9.53 Å². The number of hydrogen-bond donors (Lipinski definition) is 0. The molecule has 0 bridgehead atoms. The number of nitrogens with zero attached hydrogens (tertiary/aromatic N) is 5. The van der Waals surface area contributed by atoms with E-state index < -0.39 is 0 Å². The van der Waals surface area contributed by atoms with Crippen molar-refractivity contribution in [2.24, 2.45) is 12.5 Å². The quantitative estimate of drug-likeness (QED) is 0.494. The molecule has 0 unspecified atom stereocenters. The van der Waals surface area contributed by atoms with Gasteiger partial charge in [0.05, 0.1) is 11.9 Å². The fourth-order valence-corrected chi connectivity index (χ4v) is 6.09. The monoisotopic (exact) mass is 515 g/mol. The third-order valence-electron chi connectivity index (χ3n) is 8.27. The highest BCUT2D eigenvalue weighted by molar-refractivity contribution is 5.76. The number of piperidine rings is 1. The summed E-state index contributed by atoms with van der Waals surface area (Å²) in [6.07, 6.45) is 13.8. The fraction of sp³-hybridized carbons (Fsp3) is 0.516. The smallest absolute Gasteiger partial charge is 0.222 e. The Morgan fingerprint density at radius 1 is 1.03 bits per heavy atom. The van der Waals surface area contributed by atoms with Crippen LogP contribution in [-0.2, 0) is 31.2 Å². The van der Waals surface area contributed by atoms with Gasteiger partial charge in [-0.25, -0.2) is 0 Å². The van der Waals surface area contributed by atoms with Gasteiger partial charge in [0.25, 0.3) is 0 Å². The summed E-state index contributed by atoms with van der Waals surface area (Å²) in [5, 5.41) is 4.23. The minimum atomic E-state index is 0.216. The van der Waals surface area contributed by atoms with Crippen molar-refractivity contribution in [2.45, 2.75) is 57.9 Å². The van der Waals surface area contributed by atoms with Gasteiger partial charge in [0, 0.05) is 58.6 Å². The third-order valence-corrected chi connectivity index (χ3v) is 8.27. The normalized spacial score (nSPS) is 18.7. The predicted octanol–water partition coefficient (Wildman–Crippen LogP) is 4.66. The molecule has 1 amide bonds. The molecule has 0 N–H and O–H groups in total. The van der Waals surface area contributed by atoms with Crippen LogP contribution in [0.15, 0.2) is 61.1 Å². The molecular weight excluding hydrogens is 474 g/mol. The second-order valence-corrected chi connectivity index (χ2v) is 11.1. The predicted molar refractivity (Wildman–Crippen MR) is 149 cm³/mol. The van der Waals surface area contributed by atoms with Crippen molar-refractivity contribution in [3.63, 3.8) is 0 Å². The number of likely N-dealkylation sites (tertiary alicyclic amines) is 1. The summed E-state index contributed by atoms with van der Waals surface area (Å²) in [5.41, 5.74) is 3.75. The average molecular weight is 516 g/mol. The summed E-state index contributed by atoms with van der Waals surface area (Å²) in [5.74, 6) is 1.30. The number of aromatic nitrogens is 3. The van der Waals surface area contributed by atoms with E-state index in [9.17, 15) is 4.79 Å². The van der Waals surface area contributed by atoms with E-state index in [2.05, 4.69) is 56.3 Å². The minimum absolute atomic E-state index is 0.216. The summed E-state index contributed by atoms with van der Waals surface area (Å²) in [4.78, 5) is 22.3. The van der Waals surface area contributed by atoms with Gasteiger partial charge in [-0.3, -0.25) is 19.4 Å². The molecule has 7 nitrogen and oxygen atoms in total. The van der Waals surface area contributed by atoms with Crippen LogP contribution >= 0.6 is 0 Å². The Kier molecular flexibility index (Phi) is 8.74. The number of amides is 1. The van der Waals surface area contributed by atoms with Gasteiger partial charge in [-0.2, -0.15) is 5.10 Å². The van der Waals surface area contributed by atoms with Gasteiger partial charge in [0.1, 0.15) is 12.4 Å². The Bertz CT molecular complexity index is 1170. The summed E-state index contributed by atoms with van der Waals surface area (Å²) in [7, 11) is 1.92. The molecule has 3 aromatic rings. The van der Waals surface area contributed by atoms with E-state index in [0.717, 1.165) is 81.8 Å². The van der Waals surface area contributed by atoms with Crippen LogP contribution in [0.1, 0.15) is 55.3 Å². The molecular formula is C31H41N5O2. The molecule has 0 aliphatic carbocycles. The Labute approximate surface area is 226 Å². The average Bonchev–Trinajstić information content (AvgIpc) is 3.36. The Balaban J connectivity index is 1.26. The van der Waals surface area contributed by atoms with E-state index >= 15 is 0 Å². The number of fused-ring (bicyclic) bond motifs is 1. The van der Waals surface area contributed by atoms with Crippen LogP contribution in [0, 0.1) is 5.41 Å². The van der Waals surface area contributed by atoms with Gasteiger partial charge in [-0.15, -0.1) is 0 Å². The molecule has 2 aliphatic rings. The Morgan fingerprint density at radius 2 is 1.87 bits per heavy atom. The van der Waals surface area contributed by atoms with Gasteiger partial charge in [-0.1, -0.05) is 30.7 Å². The molecule has 4 heterocycles. The van der Waals surface area contributed by atoms with Crippen molar-refractivity contribution >= 4 is 5.91 Å². The van der Waals surface area contributed by atoms with E-state index in [-0.39, 0.29) is 11.3 Å². The van der Waals surface area contributed by atoms with Crippen LogP contribution in [0.3, 0.4) is 0 Å². The summed E-state index contributed by atoms with van der Waals surface area (Å²) < 4.78 is 8.10. The van der Waals surface area contributed by atoms with E-state index in [0.29, 0.717) is 13.0 Å². The number of carbonyl (C=O) groups excluding carboxylic acids is 1. The molecule has 1 saturated heterocycles. The van der Waals surface area contributed by atoms with Crippen LogP contribution in [0.25, 0.3) is 0 Å². The van der Waals surface area contributed by atoms with E-state index in [1.165, 1.54) is 18.4 Å². The van der Waals surface area contributed by atoms with E-state index in [4.69, 9.17) is 4.74 Å². The number of rotatable bonds is 5. The zero-order valence-electron chi connectivity index (χ0n) is 22.7. The van der Waals surface area contributed by atoms with Gasteiger partial charge in [-0.05, 0) is 73.3 Å². The molecule has 5 rings (SSSR count). The molecule has 38 heavy (non-hydrogen) atoms. The molecule has 0 atom stereocenters. The number of carbonyl (C=O) groups is 1. The lowest BCUT2D eigenvalue weighted by molar-refractivity contribution is -0.133.